The van der Waals surface area contributed by atoms with Gasteiger partial charge in [-0.3, -0.25) is 4.79 Å². The highest BCUT2D eigenvalue weighted by Gasteiger charge is 2.02. The van der Waals surface area contributed by atoms with E-state index in [0.717, 1.165) is 5.56 Å². The summed E-state index contributed by atoms with van der Waals surface area (Å²) in [4.78, 5) is 10.9. The van der Waals surface area contributed by atoms with Crippen LogP contribution in [0.2, 0.25) is 0 Å². The molecule has 3 nitrogen and oxygen atoms in total. The van der Waals surface area contributed by atoms with Gasteiger partial charge in [0.15, 0.2) is 0 Å². The highest BCUT2D eigenvalue weighted by Crippen LogP contribution is 2.16. The number of halogens is 1. The molecule has 0 unspecified atom stereocenters. The topological polar surface area (TPSA) is 46.5 Å². The van der Waals surface area contributed by atoms with Gasteiger partial charge in [-0.15, -0.1) is 0 Å². The number of methoxy groups -OCH3 is 1. The third kappa shape index (κ3) is 6.60. The van der Waals surface area contributed by atoms with Gasteiger partial charge < -0.3 is 9.84 Å². The Morgan fingerprint density at radius 2 is 2.25 bits per heavy atom. The molecular formula is C15H17FO3S. The monoisotopic (exact) mass is 296 g/mol. The van der Waals surface area contributed by atoms with E-state index in [9.17, 15) is 9.18 Å². The van der Waals surface area contributed by atoms with E-state index >= 15 is 0 Å². The minimum Gasteiger partial charge on any atom is -0.469 e. The van der Waals surface area contributed by atoms with E-state index in [-0.39, 0.29) is 18.4 Å². The fraction of sp³-hybridized carbons (Fsp3) is 0.400. The SMILES string of the molecule is COC(=O)CCSCc1cc(F)cc(C#CCCO)c1. The van der Waals surface area contributed by atoms with Crippen molar-refractivity contribution < 1.29 is 19.0 Å². The molecule has 1 N–H and O–H groups in total. The Kier molecular flexibility index (Phi) is 7.78. The lowest BCUT2D eigenvalue weighted by atomic mass is 10.1. The molecule has 0 aromatic heterocycles. The molecule has 0 amide bonds. The average Bonchev–Trinajstić information content (AvgIpc) is 2.43. The van der Waals surface area contributed by atoms with Crippen LogP contribution in [0.15, 0.2) is 18.2 Å². The van der Waals surface area contributed by atoms with E-state index in [1.165, 1.54) is 19.2 Å². The third-order valence-corrected chi connectivity index (χ3v) is 3.40. The summed E-state index contributed by atoms with van der Waals surface area (Å²) < 4.78 is 18.0. The zero-order valence-electron chi connectivity index (χ0n) is 11.3. The van der Waals surface area contributed by atoms with Gasteiger partial charge in [0.2, 0.25) is 0 Å². The Bertz CT molecular complexity index is 506. The zero-order chi connectivity index (χ0) is 14.8. The second-order valence-electron chi connectivity index (χ2n) is 4.00. The summed E-state index contributed by atoms with van der Waals surface area (Å²) in [6.45, 7) is -0.00144. The highest BCUT2D eigenvalue weighted by atomic mass is 32.2. The molecule has 1 aromatic carbocycles. The van der Waals surface area contributed by atoms with E-state index in [2.05, 4.69) is 16.6 Å². The molecule has 0 aliphatic rings. The Labute approximate surface area is 122 Å². The average molecular weight is 296 g/mol. The third-order valence-electron chi connectivity index (χ3n) is 2.37. The number of hydrogen-bond donors (Lipinski definition) is 1. The van der Waals surface area contributed by atoms with Crippen LogP contribution in [0.1, 0.15) is 24.0 Å². The number of hydrogen-bond acceptors (Lipinski definition) is 4. The minimum atomic E-state index is -0.329. The second-order valence-corrected chi connectivity index (χ2v) is 5.11. The van der Waals surface area contributed by atoms with Gasteiger partial charge in [-0.05, 0) is 23.8 Å². The smallest absolute Gasteiger partial charge is 0.306 e. The van der Waals surface area contributed by atoms with E-state index in [1.807, 2.05) is 6.07 Å². The molecule has 5 heteroatoms. The summed E-state index contributed by atoms with van der Waals surface area (Å²) in [6, 6.07) is 4.65. The molecule has 0 saturated carbocycles. The maximum atomic E-state index is 13.4. The highest BCUT2D eigenvalue weighted by molar-refractivity contribution is 7.98. The van der Waals surface area contributed by atoms with E-state index in [0.29, 0.717) is 29.9 Å². The summed E-state index contributed by atoms with van der Waals surface area (Å²) in [6.07, 6.45) is 0.722. The molecule has 0 aliphatic carbocycles. The fourth-order valence-corrected chi connectivity index (χ4v) is 2.33. The first-order valence-electron chi connectivity index (χ1n) is 6.19. The Balaban J connectivity index is 2.54. The number of aliphatic hydroxyl groups excluding tert-OH is 1. The van der Waals surface area contributed by atoms with Gasteiger partial charge in [-0.2, -0.15) is 11.8 Å². The van der Waals surface area contributed by atoms with Gasteiger partial charge in [0.1, 0.15) is 5.82 Å². The van der Waals surface area contributed by atoms with Crippen LogP contribution in [-0.4, -0.2) is 30.5 Å². The fourth-order valence-electron chi connectivity index (χ4n) is 1.47. The molecule has 0 saturated heterocycles. The number of carbonyl (C=O) groups excluding carboxylic acids is 1. The number of esters is 1. The molecule has 20 heavy (non-hydrogen) atoms. The number of ether oxygens (including phenoxy) is 1. The second kappa shape index (κ2) is 9.40. The number of rotatable bonds is 6. The first kappa shape index (κ1) is 16.5. The van der Waals surface area contributed by atoms with Crippen LogP contribution >= 0.6 is 11.8 Å². The predicted molar refractivity (Wildman–Crippen MR) is 77.8 cm³/mol. The van der Waals surface area contributed by atoms with Gasteiger partial charge in [0, 0.05) is 23.5 Å². The molecule has 1 aromatic rings. The Hall–Kier alpha value is -1.51. The summed E-state index contributed by atoms with van der Waals surface area (Å²) in [7, 11) is 1.36. The normalized spacial score (nSPS) is 9.75. The maximum absolute atomic E-state index is 13.4. The summed E-state index contributed by atoms with van der Waals surface area (Å²) in [5.74, 6) is 6.25. The Morgan fingerprint density at radius 3 is 2.95 bits per heavy atom. The quantitative estimate of drug-likeness (QED) is 0.497. The molecule has 108 valence electrons. The molecular weight excluding hydrogens is 279 g/mol. The molecule has 0 fully saturated rings. The van der Waals surface area contributed by atoms with Gasteiger partial charge in [-0.25, -0.2) is 4.39 Å². The lowest BCUT2D eigenvalue weighted by molar-refractivity contribution is -0.140. The van der Waals surface area contributed by atoms with Crippen molar-refractivity contribution >= 4 is 17.7 Å². The number of aliphatic hydroxyl groups is 1. The van der Waals surface area contributed by atoms with E-state index in [1.54, 1.807) is 11.8 Å². The summed E-state index contributed by atoms with van der Waals surface area (Å²) in [5.41, 5.74) is 1.43. The van der Waals surface area contributed by atoms with Gasteiger partial charge >= 0.3 is 5.97 Å². The largest absolute Gasteiger partial charge is 0.469 e. The van der Waals surface area contributed by atoms with Crippen LogP contribution < -0.4 is 0 Å². The molecule has 0 atom stereocenters. The van der Waals surface area contributed by atoms with E-state index < -0.39 is 0 Å². The van der Waals surface area contributed by atoms with E-state index in [4.69, 9.17) is 5.11 Å². The predicted octanol–water partition coefficient (Wildman–Crippen LogP) is 2.36. The van der Waals surface area contributed by atoms with Crippen molar-refractivity contribution in [1.29, 1.82) is 0 Å². The Morgan fingerprint density at radius 1 is 1.45 bits per heavy atom. The molecule has 0 spiro atoms. The minimum absolute atomic E-state index is 0.00144. The van der Waals surface area contributed by atoms with Crippen molar-refractivity contribution in [2.24, 2.45) is 0 Å². The summed E-state index contributed by atoms with van der Waals surface area (Å²) >= 11 is 1.54. The number of benzene rings is 1. The van der Waals surface area contributed by atoms with Crippen LogP contribution in [0.5, 0.6) is 0 Å². The van der Waals surface area contributed by atoms with Crippen LogP contribution in [0.3, 0.4) is 0 Å². The zero-order valence-corrected chi connectivity index (χ0v) is 12.1. The van der Waals surface area contributed by atoms with Crippen LogP contribution in [0.4, 0.5) is 4.39 Å². The molecule has 0 heterocycles. The maximum Gasteiger partial charge on any atom is 0.306 e. The molecule has 0 radical (unpaired) electrons. The van der Waals surface area contributed by atoms with Crippen LogP contribution in [0, 0.1) is 17.7 Å². The molecule has 1 rings (SSSR count). The lowest BCUT2D eigenvalue weighted by Crippen LogP contribution is -2.01. The van der Waals surface area contributed by atoms with Gasteiger partial charge in [0.25, 0.3) is 0 Å². The van der Waals surface area contributed by atoms with Gasteiger partial charge in [-0.1, -0.05) is 11.8 Å². The van der Waals surface area contributed by atoms with Crippen molar-refractivity contribution in [3.05, 3.63) is 35.1 Å². The lowest BCUT2D eigenvalue weighted by Gasteiger charge is -2.03. The first-order valence-corrected chi connectivity index (χ1v) is 7.35. The van der Waals surface area contributed by atoms with Crippen LogP contribution in [0.25, 0.3) is 0 Å². The van der Waals surface area contributed by atoms with Crippen molar-refractivity contribution in [2.75, 3.05) is 19.5 Å². The van der Waals surface area contributed by atoms with Crippen molar-refractivity contribution in [3.63, 3.8) is 0 Å². The van der Waals surface area contributed by atoms with Gasteiger partial charge in [0.05, 0.1) is 20.1 Å². The van der Waals surface area contributed by atoms with Crippen molar-refractivity contribution in [2.45, 2.75) is 18.6 Å². The number of thioether (sulfide) groups is 1. The van der Waals surface area contributed by atoms with Crippen molar-refractivity contribution in [3.8, 4) is 11.8 Å². The first-order chi connectivity index (χ1) is 9.65. The standard InChI is InChI=1S/C15H17FO3S/c1-19-15(18)5-7-20-11-13-8-12(4-2-3-6-17)9-14(16)10-13/h8-10,17H,3,5-7,11H2,1H3. The van der Waals surface area contributed by atoms with Crippen molar-refractivity contribution in [1.82, 2.24) is 0 Å². The molecule has 0 aliphatic heterocycles. The number of carbonyl (C=O) groups is 1. The molecule has 0 bridgehead atoms. The van der Waals surface area contributed by atoms with Crippen LogP contribution in [-0.2, 0) is 15.3 Å². The summed E-state index contributed by atoms with van der Waals surface area (Å²) in [5, 5.41) is 8.64.